The lowest BCUT2D eigenvalue weighted by Crippen LogP contribution is -2.38. The molecule has 5 heteroatoms. The molecule has 4 nitrogen and oxygen atoms in total. The molecule has 2 N–H and O–H groups in total. The fourth-order valence-corrected chi connectivity index (χ4v) is 4.08. The summed E-state index contributed by atoms with van der Waals surface area (Å²) >= 11 is 1.55. The number of rotatable bonds is 2. The van der Waals surface area contributed by atoms with Gasteiger partial charge in [-0.3, -0.25) is 0 Å². The van der Waals surface area contributed by atoms with Gasteiger partial charge >= 0.3 is 0 Å². The topological polar surface area (TPSA) is 60.7 Å². The van der Waals surface area contributed by atoms with Crippen LogP contribution in [0, 0.1) is 23.2 Å². The summed E-state index contributed by atoms with van der Waals surface area (Å²) in [4.78, 5) is 5.44. The summed E-state index contributed by atoms with van der Waals surface area (Å²) in [6.45, 7) is 2.01. The lowest BCUT2D eigenvalue weighted by molar-refractivity contribution is 0.479. The van der Waals surface area contributed by atoms with Crippen molar-refractivity contribution in [3.05, 3.63) is 58.6 Å². The number of anilines is 1. The summed E-state index contributed by atoms with van der Waals surface area (Å²) in [5.74, 6) is 7.25. The van der Waals surface area contributed by atoms with E-state index in [0.717, 1.165) is 52.3 Å². The fraction of sp³-hybridized carbons (Fsp3) is 0.238. The molecule has 1 aliphatic rings. The molecule has 0 bridgehead atoms. The molecule has 0 saturated carbocycles. The molecule has 1 fully saturated rings. The number of hydrogen-bond donors (Lipinski definition) is 2. The van der Waals surface area contributed by atoms with E-state index >= 15 is 0 Å². The van der Waals surface area contributed by atoms with E-state index in [-0.39, 0.29) is 0 Å². The second kappa shape index (κ2) is 7.58. The summed E-state index contributed by atoms with van der Waals surface area (Å²) in [5.41, 5.74) is 1.58. The predicted molar refractivity (Wildman–Crippen MR) is 106 cm³/mol. The lowest BCUT2D eigenvalue weighted by Gasteiger charge is -2.24. The average molecular weight is 358 g/mol. The molecular weight excluding hydrogens is 340 g/mol. The number of fused-ring (bicyclic) bond motifs is 1. The van der Waals surface area contributed by atoms with E-state index in [2.05, 4.69) is 33.5 Å². The maximum Gasteiger partial charge on any atom is 0.135 e. The van der Waals surface area contributed by atoms with Gasteiger partial charge in [-0.25, -0.2) is 4.98 Å². The van der Waals surface area contributed by atoms with E-state index in [1.165, 1.54) is 0 Å². The molecule has 1 atom stereocenters. The van der Waals surface area contributed by atoms with Crippen molar-refractivity contribution in [1.82, 2.24) is 10.3 Å². The predicted octanol–water partition coefficient (Wildman–Crippen LogP) is 3.73. The zero-order chi connectivity index (χ0) is 17.8. The highest BCUT2D eigenvalue weighted by Gasteiger charge is 2.17. The molecule has 0 radical (unpaired) electrons. The van der Waals surface area contributed by atoms with Gasteiger partial charge < -0.3 is 10.6 Å². The van der Waals surface area contributed by atoms with Crippen molar-refractivity contribution in [2.75, 3.05) is 18.4 Å². The summed E-state index contributed by atoms with van der Waals surface area (Å²) in [5, 5.41) is 17.3. The van der Waals surface area contributed by atoms with E-state index in [1.807, 2.05) is 36.4 Å². The second-order valence-corrected chi connectivity index (χ2v) is 7.34. The zero-order valence-corrected chi connectivity index (χ0v) is 15.1. The Morgan fingerprint density at radius 1 is 1.23 bits per heavy atom. The van der Waals surface area contributed by atoms with Crippen LogP contribution in [0.3, 0.4) is 0 Å². The van der Waals surface area contributed by atoms with Crippen LogP contribution in [0.25, 0.3) is 10.1 Å². The molecule has 3 aromatic rings. The first-order valence-corrected chi connectivity index (χ1v) is 9.52. The Kier molecular flexibility index (Phi) is 4.84. The van der Waals surface area contributed by atoms with Gasteiger partial charge in [0.1, 0.15) is 11.9 Å². The third kappa shape index (κ3) is 3.55. The molecule has 0 amide bonds. The first-order valence-electron chi connectivity index (χ1n) is 8.70. The van der Waals surface area contributed by atoms with Gasteiger partial charge in [0.05, 0.1) is 15.1 Å². The fourth-order valence-electron chi connectivity index (χ4n) is 3.10. The maximum atomic E-state index is 9.42. The van der Waals surface area contributed by atoms with Crippen molar-refractivity contribution >= 4 is 27.2 Å². The van der Waals surface area contributed by atoms with Gasteiger partial charge in [0.15, 0.2) is 0 Å². The normalized spacial score (nSPS) is 16.5. The van der Waals surface area contributed by atoms with E-state index in [0.29, 0.717) is 11.6 Å². The minimum atomic E-state index is 0.367. The monoisotopic (exact) mass is 358 g/mol. The van der Waals surface area contributed by atoms with Crippen LogP contribution in [0.1, 0.15) is 28.8 Å². The van der Waals surface area contributed by atoms with Crippen molar-refractivity contribution in [2.24, 2.45) is 0 Å². The van der Waals surface area contributed by atoms with Crippen molar-refractivity contribution in [3.8, 4) is 17.9 Å². The largest absolute Gasteiger partial charge is 0.366 e. The number of pyridine rings is 1. The number of piperidine rings is 1. The Morgan fingerprint density at radius 3 is 2.88 bits per heavy atom. The maximum absolute atomic E-state index is 9.42. The summed E-state index contributed by atoms with van der Waals surface area (Å²) in [6.07, 6.45) is 3.95. The first-order chi connectivity index (χ1) is 12.8. The van der Waals surface area contributed by atoms with E-state index in [9.17, 15) is 5.26 Å². The molecule has 0 aliphatic carbocycles. The van der Waals surface area contributed by atoms with Gasteiger partial charge in [-0.2, -0.15) is 5.26 Å². The Labute approximate surface area is 156 Å². The molecule has 0 spiro atoms. The van der Waals surface area contributed by atoms with E-state index in [4.69, 9.17) is 0 Å². The van der Waals surface area contributed by atoms with Gasteiger partial charge in [-0.1, -0.05) is 30.0 Å². The molecule has 0 unspecified atom stereocenters. The van der Waals surface area contributed by atoms with Crippen molar-refractivity contribution < 1.29 is 0 Å². The zero-order valence-electron chi connectivity index (χ0n) is 14.2. The minimum Gasteiger partial charge on any atom is -0.366 e. The van der Waals surface area contributed by atoms with Gasteiger partial charge in [-0.15, -0.1) is 11.3 Å². The number of nitrogens with one attached hydrogen (secondary N) is 2. The Hall–Kier alpha value is -2.86. The molecule has 128 valence electrons. The van der Waals surface area contributed by atoms with Gasteiger partial charge in [0, 0.05) is 29.7 Å². The Morgan fingerprint density at radius 2 is 2.12 bits per heavy atom. The number of aromatic nitrogens is 1. The SMILES string of the molecule is N#Cc1cnc(N[C@H]2CCCNC2)c2cc(C#Cc3ccccc3)sc12. The molecule has 26 heavy (non-hydrogen) atoms. The molecule has 2 aromatic heterocycles. The van der Waals surface area contributed by atoms with Gasteiger partial charge in [0.2, 0.25) is 0 Å². The smallest absolute Gasteiger partial charge is 0.135 e. The molecule has 4 rings (SSSR count). The number of nitrogens with zero attached hydrogens (tertiary/aromatic N) is 2. The van der Waals surface area contributed by atoms with Crippen LogP contribution in [0.5, 0.6) is 0 Å². The number of nitriles is 1. The van der Waals surface area contributed by atoms with Crippen LogP contribution in [0.4, 0.5) is 5.82 Å². The van der Waals surface area contributed by atoms with Crippen LogP contribution in [0.2, 0.25) is 0 Å². The molecular formula is C21H18N4S. The van der Waals surface area contributed by atoms with Gasteiger partial charge in [-0.05, 0) is 37.6 Å². The average Bonchev–Trinajstić information content (AvgIpc) is 3.13. The Balaban J connectivity index is 1.70. The number of hydrogen-bond acceptors (Lipinski definition) is 5. The van der Waals surface area contributed by atoms with Crippen LogP contribution < -0.4 is 10.6 Å². The summed E-state index contributed by atoms with van der Waals surface area (Å²) in [6, 6.07) is 14.6. The highest BCUT2D eigenvalue weighted by molar-refractivity contribution is 7.19. The van der Waals surface area contributed by atoms with Crippen LogP contribution in [-0.4, -0.2) is 24.1 Å². The molecule has 1 saturated heterocycles. The Bertz CT molecular complexity index is 1020. The minimum absolute atomic E-state index is 0.367. The van der Waals surface area contributed by atoms with Crippen LogP contribution in [-0.2, 0) is 0 Å². The summed E-state index contributed by atoms with van der Waals surface area (Å²) in [7, 11) is 0. The number of benzene rings is 1. The number of thiophene rings is 1. The summed E-state index contributed by atoms with van der Waals surface area (Å²) < 4.78 is 0.950. The van der Waals surface area contributed by atoms with E-state index in [1.54, 1.807) is 17.5 Å². The molecule has 1 aliphatic heterocycles. The molecule has 3 heterocycles. The van der Waals surface area contributed by atoms with Crippen molar-refractivity contribution in [1.29, 1.82) is 5.26 Å². The van der Waals surface area contributed by atoms with Crippen molar-refractivity contribution in [3.63, 3.8) is 0 Å². The van der Waals surface area contributed by atoms with Crippen LogP contribution >= 0.6 is 11.3 Å². The van der Waals surface area contributed by atoms with Crippen molar-refractivity contribution in [2.45, 2.75) is 18.9 Å². The third-order valence-electron chi connectivity index (χ3n) is 4.42. The van der Waals surface area contributed by atoms with E-state index < -0.39 is 0 Å². The third-order valence-corrected chi connectivity index (χ3v) is 5.50. The standard InChI is InChI=1S/C21H18N4S/c22-12-16-13-24-21(25-17-7-4-10-23-14-17)19-11-18(26-20(16)19)9-8-15-5-2-1-3-6-15/h1-3,5-6,11,13,17,23H,4,7,10,14H2,(H,24,25)/t17-/m0/s1. The van der Waals surface area contributed by atoms with Gasteiger partial charge in [0.25, 0.3) is 0 Å². The second-order valence-electron chi connectivity index (χ2n) is 6.29. The molecule has 1 aromatic carbocycles. The lowest BCUT2D eigenvalue weighted by atomic mass is 10.1. The first kappa shape index (κ1) is 16.6. The highest BCUT2D eigenvalue weighted by atomic mass is 32.1. The van der Waals surface area contributed by atoms with Crippen LogP contribution in [0.15, 0.2) is 42.6 Å². The highest BCUT2D eigenvalue weighted by Crippen LogP contribution is 2.33. The quantitative estimate of drug-likeness (QED) is 0.685.